The molecule has 1 saturated heterocycles. The Morgan fingerprint density at radius 3 is 1.96 bits per heavy atom. The van der Waals surface area contributed by atoms with Gasteiger partial charge in [-0.1, -0.05) is 72.4 Å². The molecule has 0 radical (unpaired) electrons. The first kappa shape index (κ1) is 42.6. The molecule has 0 amide bonds. The van der Waals surface area contributed by atoms with Gasteiger partial charge in [-0.2, -0.15) is 0 Å². The lowest BCUT2D eigenvalue weighted by molar-refractivity contribution is 0.0110. The van der Waals surface area contributed by atoms with Crippen molar-refractivity contribution in [2.45, 2.75) is 44.7 Å². The van der Waals surface area contributed by atoms with Gasteiger partial charge in [-0.05, 0) is 80.4 Å². The van der Waals surface area contributed by atoms with Crippen LogP contribution in [-0.4, -0.2) is 123 Å². The van der Waals surface area contributed by atoms with Gasteiger partial charge >= 0.3 is 0 Å². The summed E-state index contributed by atoms with van der Waals surface area (Å²) in [6, 6.07) is 24.8. The molecule has 1 aromatic heterocycles. The zero-order valence-corrected chi connectivity index (χ0v) is 34.0. The largest absolute Gasteiger partial charge is 0.379 e. The third kappa shape index (κ3) is 14.5. The molecule has 5 rings (SSSR count). The normalized spacial score (nSPS) is 14.1. The Hall–Kier alpha value is -2.57. The van der Waals surface area contributed by atoms with E-state index in [1.54, 1.807) is 0 Å². The van der Waals surface area contributed by atoms with Gasteiger partial charge in [0.1, 0.15) is 11.6 Å². The smallest absolute Gasteiger partial charge is 0.145 e. The first-order valence-corrected chi connectivity index (χ1v) is 20.7. The van der Waals surface area contributed by atoms with E-state index in [4.69, 9.17) is 59.0 Å². The average Bonchev–Trinajstić information content (AvgIpc) is 3.19. The number of anilines is 1. The number of benzene rings is 3. The predicted molar refractivity (Wildman–Crippen MR) is 223 cm³/mol. The van der Waals surface area contributed by atoms with E-state index in [9.17, 15) is 0 Å². The van der Waals surface area contributed by atoms with E-state index in [-0.39, 0.29) is 6.04 Å². The Kier molecular flexibility index (Phi) is 19.0. The lowest BCUT2D eigenvalue weighted by Crippen LogP contribution is -2.47. The zero-order valence-electron chi connectivity index (χ0n) is 31.7. The fraction of sp³-hybridized carbons (Fsp3) is 0.524. The van der Waals surface area contributed by atoms with Crippen LogP contribution in [0, 0.1) is 0 Å². The van der Waals surface area contributed by atoms with Crippen LogP contribution in [0.2, 0.25) is 10.0 Å². The molecule has 1 fully saturated rings. The highest BCUT2D eigenvalue weighted by molar-refractivity contribution is 6.30. The monoisotopic (exact) mass is 798 g/mol. The molecule has 1 aliphatic rings. The average molecular weight is 800 g/mol. The molecule has 4 aromatic rings. The molecule has 2 heterocycles. The molecule has 1 N–H and O–H groups in total. The van der Waals surface area contributed by atoms with Crippen LogP contribution in [0.5, 0.6) is 0 Å². The van der Waals surface area contributed by atoms with Gasteiger partial charge in [0.15, 0.2) is 0 Å². The van der Waals surface area contributed by atoms with Crippen molar-refractivity contribution in [1.82, 2.24) is 24.7 Å². The highest BCUT2D eigenvalue weighted by Gasteiger charge is 2.27. The number of nitrogens with zero attached hydrogens (tertiary/aromatic N) is 5. The molecule has 0 aliphatic carbocycles. The Morgan fingerprint density at radius 1 is 0.685 bits per heavy atom. The van der Waals surface area contributed by atoms with Gasteiger partial charge in [-0.25, -0.2) is 9.97 Å². The van der Waals surface area contributed by atoms with Crippen molar-refractivity contribution in [3.8, 4) is 0 Å². The van der Waals surface area contributed by atoms with Crippen LogP contribution in [0.4, 0.5) is 5.82 Å². The van der Waals surface area contributed by atoms with Crippen molar-refractivity contribution in [2.75, 3.05) is 104 Å². The van der Waals surface area contributed by atoms with Crippen LogP contribution in [0.3, 0.4) is 0 Å². The molecule has 3 aromatic carbocycles. The maximum atomic E-state index is 6.25. The van der Waals surface area contributed by atoms with Gasteiger partial charge in [0.25, 0.3) is 0 Å². The molecule has 0 spiro atoms. The number of piperazine rings is 1. The number of hydrogen-bond donors (Lipinski definition) is 1. The lowest BCUT2D eigenvalue weighted by Gasteiger charge is -2.39. The number of para-hydroxylation sites is 1. The first-order valence-electron chi connectivity index (χ1n) is 19.4. The number of halogens is 3. The van der Waals surface area contributed by atoms with E-state index in [0.29, 0.717) is 39.6 Å². The minimum atomic E-state index is 0.128. The van der Waals surface area contributed by atoms with E-state index in [1.807, 2.05) is 36.4 Å². The number of rotatable bonds is 25. The van der Waals surface area contributed by atoms with Gasteiger partial charge in [0.05, 0.1) is 51.1 Å². The van der Waals surface area contributed by atoms with Crippen LogP contribution >= 0.6 is 34.8 Å². The van der Waals surface area contributed by atoms with Gasteiger partial charge in [-0.15, -0.1) is 11.6 Å². The lowest BCUT2D eigenvalue weighted by atomic mass is 9.96. The molecule has 54 heavy (non-hydrogen) atoms. The van der Waals surface area contributed by atoms with Crippen molar-refractivity contribution in [3.63, 3.8) is 0 Å². The zero-order chi connectivity index (χ0) is 37.8. The van der Waals surface area contributed by atoms with Crippen LogP contribution in [0.15, 0.2) is 72.8 Å². The van der Waals surface area contributed by atoms with E-state index in [0.717, 1.165) is 110 Å². The number of fused-ring (bicyclic) bond motifs is 1. The Balaban J connectivity index is 1.01. The second-order valence-electron chi connectivity index (χ2n) is 13.8. The maximum Gasteiger partial charge on any atom is 0.145 e. The van der Waals surface area contributed by atoms with Gasteiger partial charge < -0.3 is 24.4 Å². The summed E-state index contributed by atoms with van der Waals surface area (Å²) in [6.07, 6.45) is 5.51. The standard InChI is InChI=1S/C42H57Cl3N6O3/c1-49(26-28-53-30-32-54-31-29-52-27-7-3-2-6-19-43)21-8-20-46-42-38-9-4-5-10-39(38)47-40(48-42)33-50-22-24-51(25-23-50)41(34-11-15-36(44)16-12-34)35-13-17-37(45)18-14-35/h4-5,9-18,41H,2-3,6-8,19-33H2,1H3,(H,46,47,48). The summed E-state index contributed by atoms with van der Waals surface area (Å²) in [5, 5.41) is 6.15. The number of unbranched alkanes of at least 4 members (excludes halogenated alkanes) is 3. The van der Waals surface area contributed by atoms with E-state index >= 15 is 0 Å². The van der Waals surface area contributed by atoms with Gasteiger partial charge in [-0.3, -0.25) is 9.80 Å². The fourth-order valence-electron chi connectivity index (χ4n) is 6.70. The summed E-state index contributed by atoms with van der Waals surface area (Å²) in [4.78, 5) is 17.3. The van der Waals surface area contributed by atoms with Crippen molar-refractivity contribution in [3.05, 3.63) is 99.8 Å². The van der Waals surface area contributed by atoms with Crippen LogP contribution < -0.4 is 5.32 Å². The second kappa shape index (κ2) is 24.1. The summed E-state index contributed by atoms with van der Waals surface area (Å²) in [5.74, 6) is 2.49. The van der Waals surface area contributed by atoms with Crippen LogP contribution in [-0.2, 0) is 20.8 Å². The topological polar surface area (TPSA) is 75.2 Å². The van der Waals surface area contributed by atoms with Crippen LogP contribution in [0.1, 0.15) is 55.1 Å². The number of likely N-dealkylation sites (N-methyl/N-ethyl adjacent to an activating group) is 1. The molecule has 1 aliphatic heterocycles. The van der Waals surface area contributed by atoms with E-state index in [2.05, 4.69) is 63.5 Å². The SMILES string of the molecule is CN(CCCNc1nc(CN2CCN(C(c3ccc(Cl)cc3)c3ccc(Cl)cc3)CC2)nc2ccccc12)CCOCCOCCOCCCCCCCl. The van der Waals surface area contributed by atoms with E-state index in [1.165, 1.54) is 24.0 Å². The Morgan fingerprint density at radius 2 is 1.30 bits per heavy atom. The molecule has 294 valence electrons. The van der Waals surface area contributed by atoms with Crippen molar-refractivity contribution in [1.29, 1.82) is 0 Å². The Bertz CT molecular complexity index is 1580. The third-order valence-electron chi connectivity index (χ3n) is 9.70. The summed E-state index contributed by atoms with van der Waals surface area (Å²) >= 11 is 18.2. The molecule has 0 atom stereocenters. The number of hydrogen-bond acceptors (Lipinski definition) is 9. The summed E-state index contributed by atoms with van der Waals surface area (Å²) in [6.45, 7) is 11.0. The number of aromatic nitrogens is 2. The molecule has 12 heteroatoms. The van der Waals surface area contributed by atoms with Crippen molar-refractivity contribution < 1.29 is 14.2 Å². The summed E-state index contributed by atoms with van der Waals surface area (Å²) < 4.78 is 17.0. The minimum Gasteiger partial charge on any atom is -0.379 e. The van der Waals surface area contributed by atoms with Crippen LogP contribution in [0.25, 0.3) is 10.9 Å². The number of nitrogens with one attached hydrogen (secondary N) is 1. The highest BCUT2D eigenvalue weighted by atomic mass is 35.5. The van der Waals surface area contributed by atoms with E-state index < -0.39 is 0 Å². The number of ether oxygens (including phenoxy) is 3. The highest BCUT2D eigenvalue weighted by Crippen LogP contribution is 2.31. The molecule has 0 unspecified atom stereocenters. The second-order valence-corrected chi connectivity index (χ2v) is 15.1. The molecule has 9 nitrogen and oxygen atoms in total. The molecule has 0 bridgehead atoms. The predicted octanol–water partition coefficient (Wildman–Crippen LogP) is 8.43. The molecular weight excluding hydrogens is 743 g/mol. The summed E-state index contributed by atoms with van der Waals surface area (Å²) in [7, 11) is 2.14. The quantitative estimate of drug-likeness (QED) is 0.0526. The minimum absolute atomic E-state index is 0.128. The molecule has 0 saturated carbocycles. The van der Waals surface area contributed by atoms with Crippen molar-refractivity contribution in [2.24, 2.45) is 0 Å². The van der Waals surface area contributed by atoms with Gasteiger partial charge in [0, 0.05) is 67.2 Å². The number of alkyl halides is 1. The maximum absolute atomic E-state index is 6.25. The first-order chi connectivity index (χ1) is 26.5. The van der Waals surface area contributed by atoms with Gasteiger partial charge in [0.2, 0.25) is 0 Å². The summed E-state index contributed by atoms with van der Waals surface area (Å²) in [5.41, 5.74) is 3.41. The van der Waals surface area contributed by atoms with Crippen molar-refractivity contribution >= 4 is 51.5 Å². The third-order valence-corrected chi connectivity index (χ3v) is 10.5. The fourth-order valence-corrected chi connectivity index (χ4v) is 7.14. The molecular formula is C42H57Cl3N6O3. The Labute approximate surface area is 337 Å².